The SMILES string of the molecule is Cc1nc2cc(OC[C@H](O)CN3CCN(CC4COC(c5ccc(F)cc5)=N4)CC3)ccc2s1. The van der Waals surface area contributed by atoms with Crippen LogP contribution in [0.1, 0.15) is 10.6 Å². The molecule has 2 aliphatic rings. The molecule has 1 saturated heterocycles. The molecule has 1 aromatic heterocycles. The van der Waals surface area contributed by atoms with Gasteiger partial charge in [0.15, 0.2) is 0 Å². The summed E-state index contributed by atoms with van der Waals surface area (Å²) < 4.78 is 25.8. The topological polar surface area (TPSA) is 70.4 Å². The van der Waals surface area contributed by atoms with Gasteiger partial charge < -0.3 is 14.6 Å². The van der Waals surface area contributed by atoms with E-state index in [0.29, 0.717) is 19.0 Å². The number of aliphatic hydroxyl groups excluding tert-OH is 1. The number of aryl methyl sites for hydroxylation is 1. The van der Waals surface area contributed by atoms with Gasteiger partial charge in [-0.1, -0.05) is 0 Å². The number of aromatic nitrogens is 1. The molecule has 2 aliphatic heterocycles. The Morgan fingerprint density at radius 3 is 2.71 bits per heavy atom. The van der Waals surface area contributed by atoms with Crippen molar-refractivity contribution < 1.29 is 19.0 Å². The third kappa shape index (κ3) is 5.72. The predicted octanol–water partition coefficient (Wildman–Crippen LogP) is 2.95. The second-order valence-electron chi connectivity index (χ2n) is 8.83. The standard InChI is InChI=1S/C25H29FN4O3S/c1-17-27-23-12-22(6-7-24(23)34-17)32-16-21(31)14-30-10-8-29(9-11-30)13-20-15-33-25(28-20)18-2-4-19(26)5-3-18/h2-7,12,20-21,31H,8-11,13-16H2,1H3/t20?,21-/m1/s1. The maximum atomic E-state index is 13.1. The van der Waals surface area contributed by atoms with E-state index in [4.69, 9.17) is 9.47 Å². The number of fused-ring (bicyclic) bond motifs is 1. The number of piperazine rings is 1. The molecular weight excluding hydrogens is 455 g/mol. The smallest absolute Gasteiger partial charge is 0.216 e. The van der Waals surface area contributed by atoms with Gasteiger partial charge in [-0.3, -0.25) is 9.80 Å². The van der Waals surface area contributed by atoms with Crippen LogP contribution in [0.25, 0.3) is 10.2 Å². The van der Waals surface area contributed by atoms with Crippen molar-refractivity contribution in [3.05, 3.63) is 58.9 Å². The number of aliphatic hydroxyl groups is 1. The van der Waals surface area contributed by atoms with Crippen LogP contribution in [0.2, 0.25) is 0 Å². The third-order valence-electron chi connectivity index (χ3n) is 6.11. The Kier molecular flexibility index (Phi) is 7.05. The molecule has 1 unspecified atom stereocenters. The first kappa shape index (κ1) is 23.2. The Labute approximate surface area is 202 Å². The minimum Gasteiger partial charge on any atom is -0.491 e. The molecule has 0 spiro atoms. The zero-order valence-electron chi connectivity index (χ0n) is 19.2. The number of halogens is 1. The molecule has 0 bridgehead atoms. The number of rotatable bonds is 8. The maximum Gasteiger partial charge on any atom is 0.216 e. The molecule has 3 heterocycles. The molecule has 180 valence electrons. The summed E-state index contributed by atoms with van der Waals surface area (Å²) in [5.74, 6) is 1.07. The molecule has 2 aromatic carbocycles. The van der Waals surface area contributed by atoms with Gasteiger partial charge in [-0.25, -0.2) is 14.4 Å². The van der Waals surface area contributed by atoms with Crippen LogP contribution >= 0.6 is 11.3 Å². The van der Waals surface area contributed by atoms with Gasteiger partial charge >= 0.3 is 0 Å². The summed E-state index contributed by atoms with van der Waals surface area (Å²) in [7, 11) is 0. The van der Waals surface area contributed by atoms with Crippen molar-refractivity contribution in [3.63, 3.8) is 0 Å². The normalized spacial score (nSPS) is 20.3. The van der Waals surface area contributed by atoms with E-state index in [1.54, 1.807) is 23.5 Å². The van der Waals surface area contributed by atoms with Gasteiger partial charge in [0.2, 0.25) is 5.90 Å². The van der Waals surface area contributed by atoms with Crippen molar-refractivity contribution in [2.24, 2.45) is 4.99 Å². The number of thiazole rings is 1. The fourth-order valence-electron chi connectivity index (χ4n) is 4.37. The van der Waals surface area contributed by atoms with E-state index in [2.05, 4.69) is 19.8 Å². The van der Waals surface area contributed by atoms with Crippen molar-refractivity contribution in [1.29, 1.82) is 0 Å². The first-order valence-electron chi connectivity index (χ1n) is 11.6. The van der Waals surface area contributed by atoms with E-state index < -0.39 is 6.10 Å². The first-order chi connectivity index (χ1) is 16.5. The lowest BCUT2D eigenvalue weighted by Gasteiger charge is -2.36. The lowest BCUT2D eigenvalue weighted by molar-refractivity contribution is 0.0446. The summed E-state index contributed by atoms with van der Waals surface area (Å²) in [6, 6.07) is 12.2. The summed E-state index contributed by atoms with van der Waals surface area (Å²) in [5.41, 5.74) is 1.75. The third-order valence-corrected chi connectivity index (χ3v) is 7.07. The van der Waals surface area contributed by atoms with Crippen LogP contribution in [0.5, 0.6) is 5.75 Å². The Balaban J connectivity index is 1.04. The van der Waals surface area contributed by atoms with E-state index in [9.17, 15) is 9.50 Å². The van der Waals surface area contributed by atoms with E-state index in [1.807, 2.05) is 25.1 Å². The van der Waals surface area contributed by atoms with Crippen molar-refractivity contribution in [2.75, 3.05) is 52.5 Å². The fraction of sp³-hybridized carbons (Fsp3) is 0.440. The second kappa shape index (κ2) is 10.4. The quantitative estimate of drug-likeness (QED) is 0.530. The molecule has 0 amide bonds. The Hall–Kier alpha value is -2.59. The maximum absolute atomic E-state index is 13.1. The van der Waals surface area contributed by atoms with Gasteiger partial charge in [0.25, 0.3) is 0 Å². The van der Waals surface area contributed by atoms with Crippen LogP contribution in [0, 0.1) is 12.7 Å². The lowest BCUT2D eigenvalue weighted by atomic mass is 10.2. The van der Waals surface area contributed by atoms with E-state index >= 15 is 0 Å². The highest BCUT2D eigenvalue weighted by Gasteiger charge is 2.25. The molecule has 5 rings (SSSR count). The van der Waals surface area contributed by atoms with Gasteiger partial charge in [0, 0.05) is 50.9 Å². The van der Waals surface area contributed by atoms with E-state index in [0.717, 1.165) is 59.3 Å². The number of ether oxygens (including phenoxy) is 2. The van der Waals surface area contributed by atoms with Gasteiger partial charge in [-0.2, -0.15) is 0 Å². The van der Waals surface area contributed by atoms with Gasteiger partial charge in [0.1, 0.15) is 36.9 Å². The lowest BCUT2D eigenvalue weighted by Crippen LogP contribution is -2.50. The van der Waals surface area contributed by atoms with Crippen LogP contribution in [0.15, 0.2) is 47.5 Å². The monoisotopic (exact) mass is 484 g/mol. The van der Waals surface area contributed by atoms with Crippen molar-refractivity contribution in [3.8, 4) is 5.75 Å². The first-order valence-corrected chi connectivity index (χ1v) is 12.4. The molecule has 0 saturated carbocycles. The number of β-amino-alcohol motifs (C(OH)–C–C–N with tert-alkyl or cyclic N) is 1. The minimum absolute atomic E-state index is 0.0874. The largest absolute Gasteiger partial charge is 0.491 e. The number of nitrogens with zero attached hydrogens (tertiary/aromatic N) is 4. The average molecular weight is 485 g/mol. The van der Waals surface area contributed by atoms with E-state index in [1.165, 1.54) is 12.1 Å². The molecule has 2 atom stereocenters. The predicted molar refractivity (Wildman–Crippen MR) is 131 cm³/mol. The summed E-state index contributed by atoms with van der Waals surface area (Å²) in [5, 5.41) is 11.5. The van der Waals surface area contributed by atoms with Crippen LogP contribution in [-0.2, 0) is 4.74 Å². The van der Waals surface area contributed by atoms with Crippen LogP contribution in [-0.4, -0.2) is 90.4 Å². The Morgan fingerprint density at radius 2 is 1.91 bits per heavy atom. The van der Waals surface area contributed by atoms with Gasteiger partial charge in [-0.15, -0.1) is 11.3 Å². The number of benzene rings is 2. The fourth-order valence-corrected chi connectivity index (χ4v) is 5.17. The number of aliphatic imine (C=N–C) groups is 1. The number of hydrogen-bond acceptors (Lipinski definition) is 8. The van der Waals surface area contributed by atoms with Gasteiger partial charge in [0.05, 0.1) is 15.2 Å². The van der Waals surface area contributed by atoms with Crippen molar-refractivity contribution >= 4 is 27.5 Å². The zero-order valence-corrected chi connectivity index (χ0v) is 20.0. The average Bonchev–Trinajstić information content (AvgIpc) is 3.44. The second-order valence-corrected chi connectivity index (χ2v) is 10.1. The summed E-state index contributed by atoms with van der Waals surface area (Å²) in [6.45, 7) is 7.86. The molecular formula is C25H29FN4O3S. The molecule has 0 aliphatic carbocycles. The molecule has 7 nitrogen and oxygen atoms in total. The summed E-state index contributed by atoms with van der Waals surface area (Å²) in [6.07, 6.45) is -0.550. The molecule has 1 N–H and O–H groups in total. The van der Waals surface area contributed by atoms with Crippen LogP contribution in [0.4, 0.5) is 4.39 Å². The van der Waals surface area contributed by atoms with E-state index in [-0.39, 0.29) is 18.5 Å². The van der Waals surface area contributed by atoms with Crippen molar-refractivity contribution in [2.45, 2.75) is 19.1 Å². The zero-order chi connectivity index (χ0) is 23.5. The highest BCUT2D eigenvalue weighted by atomic mass is 32.1. The Bertz CT molecular complexity index is 1140. The summed E-state index contributed by atoms with van der Waals surface area (Å²) >= 11 is 1.66. The summed E-state index contributed by atoms with van der Waals surface area (Å²) in [4.78, 5) is 13.8. The molecule has 9 heteroatoms. The number of hydrogen-bond donors (Lipinski definition) is 1. The molecule has 0 radical (unpaired) electrons. The van der Waals surface area contributed by atoms with Gasteiger partial charge in [-0.05, 0) is 43.3 Å². The van der Waals surface area contributed by atoms with Crippen LogP contribution in [0.3, 0.4) is 0 Å². The molecule has 34 heavy (non-hydrogen) atoms. The minimum atomic E-state index is -0.550. The highest BCUT2D eigenvalue weighted by molar-refractivity contribution is 7.18. The van der Waals surface area contributed by atoms with Crippen LogP contribution < -0.4 is 4.74 Å². The molecule has 3 aromatic rings. The molecule has 1 fully saturated rings. The van der Waals surface area contributed by atoms with Crippen molar-refractivity contribution in [1.82, 2.24) is 14.8 Å². The Morgan fingerprint density at radius 1 is 1.15 bits per heavy atom. The highest BCUT2D eigenvalue weighted by Crippen LogP contribution is 2.25.